The second-order valence-electron chi connectivity index (χ2n) is 6.08. The Balaban J connectivity index is 1.83. The van der Waals surface area contributed by atoms with Crippen molar-refractivity contribution in [2.45, 2.75) is 6.43 Å². The van der Waals surface area contributed by atoms with Crippen LogP contribution in [0, 0.1) is 0 Å². The molecule has 0 radical (unpaired) electrons. The van der Waals surface area contributed by atoms with Gasteiger partial charge in [-0.05, 0) is 18.2 Å². The third-order valence-electron chi connectivity index (χ3n) is 4.24. The van der Waals surface area contributed by atoms with Crippen LogP contribution in [0.1, 0.15) is 22.5 Å². The van der Waals surface area contributed by atoms with Crippen molar-refractivity contribution >= 4 is 40.4 Å². The van der Waals surface area contributed by atoms with E-state index < -0.39 is 12.3 Å². The second-order valence-corrected chi connectivity index (χ2v) is 6.89. The smallest absolute Gasteiger partial charge is 0.280 e. The summed E-state index contributed by atoms with van der Waals surface area (Å²) < 4.78 is 28.2. The lowest BCUT2D eigenvalue weighted by Crippen LogP contribution is -2.13. The number of benzene rings is 2. The summed E-state index contributed by atoms with van der Waals surface area (Å²) in [6, 6.07) is 14.9. The average Bonchev–Trinajstić information content (AvgIpc) is 3.14. The number of nitrogens with zero attached hydrogens (tertiary/aromatic N) is 3. The topological polar surface area (TPSA) is 59.3 Å². The molecule has 146 valence electrons. The number of hydrogen-bond donors (Lipinski definition) is 1. The number of alkyl halides is 2. The van der Waals surface area contributed by atoms with Gasteiger partial charge in [-0.25, -0.2) is 18.3 Å². The van der Waals surface area contributed by atoms with Gasteiger partial charge in [-0.15, -0.1) is 0 Å². The molecular formula is C20H12Cl2F2N4O. The quantitative estimate of drug-likeness (QED) is 0.437. The van der Waals surface area contributed by atoms with Gasteiger partial charge in [-0.3, -0.25) is 4.79 Å². The third-order valence-corrected chi connectivity index (χ3v) is 4.87. The van der Waals surface area contributed by atoms with Crippen molar-refractivity contribution < 1.29 is 13.6 Å². The normalized spacial score (nSPS) is 11.2. The van der Waals surface area contributed by atoms with Gasteiger partial charge in [0.15, 0.2) is 5.65 Å². The lowest BCUT2D eigenvalue weighted by atomic mass is 10.1. The van der Waals surface area contributed by atoms with Gasteiger partial charge in [0.1, 0.15) is 11.3 Å². The van der Waals surface area contributed by atoms with Gasteiger partial charge in [0.25, 0.3) is 12.3 Å². The van der Waals surface area contributed by atoms with E-state index in [1.807, 2.05) is 0 Å². The molecule has 1 amide bonds. The van der Waals surface area contributed by atoms with Crippen molar-refractivity contribution in [3.63, 3.8) is 0 Å². The molecule has 0 aliphatic rings. The Morgan fingerprint density at radius 3 is 2.38 bits per heavy atom. The van der Waals surface area contributed by atoms with Crippen LogP contribution < -0.4 is 5.32 Å². The van der Waals surface area contributed by atoms with Crippen LogP contribution >= 0.6 is 23.2 Å². The minimum Gasteiger partial charge on any atom is -0.319 e. The predicted molar refractivity (Wildman–Crippen MR) is 108 cm³/mol. The fourth-order valence-corrected chi connectivity index (χ4v) is 3.35. The van der Waals surface area contributed by atoms with Crippen LogP contribution in [0.15, 0.2) is 60.8 Å². The van der Waals surface area contributed by atoms with E-state index in [0.29, 0.717) is 11.3 Å². The van der Waals surface area contributed by atoms with E-state index in [9.17, 15) is 13.6 Å². The maximum atomic E-state index is 13.6. The number of fused-ring (bicyclic) bond motifs is 1. The molecule has 5 nitrogen and oxygen atoms in total. The number of anilines is 1. The summed E-state index contributed by atoms with van der Waals surface area (Å²) in [5.41, 5.74) is 0.803. The summed E-state index contributed by atoms with van der Waals surface area (Å²) >= 11 is 12.2. The van der Waals surface area contributed by atoms with Gasteiger partial charge in [0.05, 0.1) is 27.6 Å². The largest absolute Gasteiger partial charge is 0.319 e. The zero-order valence-electron chi connectivity index (χ0n) is 14.6. The highest BCUT2D eigenvalue weighted by atomic mass is 35.5. The number of halogens is 4. The van der Waals surface area contributed by atoms with Crippen LogP contribution in [-0.4, -0.2) is 20.5 Å². The van der Waals surface area contributed by atoms with Gasteiger partial charge >= 0.3 is 0 Å². The van der Waals surface area contributed by atoms with Crippen LogP contribution in [0.4, 0.5) is 14.5 Å². The van der Waals surface area contributed by atoms with Crippen LogP contribution in [0.3, 0.4) is 0 Å². The predicted octanol–water partition coefficient (Wildman–Crippen LogP) is 5.89. The standard InChI is InChI=1S/C20H12Cl2F2N4O/c21-13-7-4-8-14(22)17(13)27-20(29)12-10-25-28-16(18(23)24)9-15(26-19(12)28)11-5-2-1-3-6-11/h1-10,18H,(H,27,29). The number of aromatic nitrogens is 3. The lowest BCUT2D eigenvalue weighted by Gasteiger charge is -2.10. The molecule has 0 bridgehead atoms. The molecule has 0 atom stereocenters. The zero-order chi connectivity index (χ0) is 20.5. The summed E-state index contributed by atoms with van der Waals surface area (Å²) in [5.74, 6) is -0.618. The lowest BCUT2D eigenvalue weighted by molar-refractivity contribution is 0.102. The van der Waals surface area contributed by atoms with Gasteiger partial charge in [-0.1, -0.05) is 59.6 Å². The fraction of sp³-hybridized carbons (Fsp3) is 0.0500. The molecule has 4 aromatic rings. The molecule has 0 spiro atoms. The van der Waals surface area contributed by atoms with Crippen LogP contribution in [0.5, 0.6) is 0 Å². The zero-order valence-corrected chi connectivity index (χ0v) is 16.1. The molecule has 9 heteroatoms. The Labute approximate surface area is 173 Å². The number of carbonyl (C=O) groups excluding carboxylic acids is 1. The molecule has 1 N–H and O–H groups in total. The SMILES string of the molecule is O=C(Nc1c(Cl)cccc1Cl)c1cnn2c(C(F)F)cc(-c3ccccc3)nc12. The number of carbonyl (C=O) groups is 1. The van der Waals surface area contributed by atoms with E-state index in [0.717, 1.165) is 4.52 Å². The molecule has 2 heterocycles. The van der Waals surface area contributed by atoms with Gasteiger partial charge in [-0.2, -0.15) is 5.10 Å². The van der Waals surface area contributed by atoms with Crippen molar-refractivity contribution in [3.05, 3.63) is 82.1 Å². The van der Waals surface area contributed by atoms with E-state index in [1.165, 1.54) is 12.3 Å². The fourth-order valence-electron chi connectivity index (χ4n) is 2.86. The summed E-state index contributed by atoms with van der Waals surface area (Å²) in [6.45, 7) is 0. The van der Waals surface area contributed by atoms with Gasteiger partial charge in [0, 0.05) is 5.56 Å². The van der Waals surface area contributed by atoms with Crippen molar-refractivity contribution in [1.29, 1.82) is 0 Å². The molecule has 0 aliphatic heterocycles. The molecule has 0 saturated carbocycles. The molecule has 0 saturated heterocycles. The Bertz CT molecular complexity index is 1190. The third kappa shape index (κ3) is 3.66. The number of nitrogens with one attached hydrogen (secondary N) is 1. The highest BCUT2D eigenvalue weighted by Gasteiger charge is 2.22. The van der Waals surface area contributed by atoms with Crippen LogP contribution in [0.2, 0.25) is 10.0 Å². The minimum atomic E-state index is -2.81. The van der Waals surface area contributed by atoms with Gasteiger partial charge in [0.2, 0.25) is 0 Å². The average molecular weight is 433 g/mol. The maximum Gasteiger partial charge on any atom is 0.280 e. The van der Waals surface area contributed by atoms with Gasteiger partial charge < -0.3 is 5.32 Å². The second kappa shape index (κ2) is 7.77. The highest BCUT2D eigenvalue weighted by Crippen LogP contribution is 2.31. The van der Waals surface area contributed by atoms with E-state index in [1.54, 1.807) is 48.5 Å². The maximum absolute atomic E-state index is 13.6. The summed E-state index contributed by atoms with van der Waals surface area (Å²) in [6.07, 6.45) is -1.62. The molecule has 2 aromatic carbocycles. The van der Waals surface area contributed by atoms with E-state index >= 15 is 0 Å². The monoisotopic (exact) mass is 432 g/mol. The van der Waals surface area contributed by atoms with E-state index in [-0.39, 0.29) is 32.6 Å². The number of para-hydroxylation sites is 1. The molecule has 0 aliphatic carbocycles. The van der Waals surface area contributed by atoms with Crippen molar-refractivity contribution in [2.24, 2.45) is 0 Å². The molecule has 0 unspecified atom stereocenters. The number of amides is 1. The summed E-state index contributed by atoms with van der Waals surface area (Å²) in [4.78, 5) is 17.2. The van der Waals surface area contributed by atoms with Crippen LogP contribution in [0.25, 0.3) is 16.9 Å². The van der Waals surface area contributed by atoms with E-state index in [2.05, 4.69) is 15.4 Å². The Morgan fingerprint density at radius 1 is 1.03 bits per heavy atom. The van der Waals surface area contributed by atoms with E-state index in [4.69, 9.17) is 23.2 Å². The molecule has 2 aromatic heterocycles. The first-order chi connectivity index (χ1) is 14.0. The van der Waals surface area contributed by atoms with Crippen molar-refractivity contribution in [3.8, 4) is 11.3 Å². The first kappa shape index (κ1) is 19.3. The summed E-state index contributed by atoms with van der Waals surface area (Å²) in [7, 11) is 0. The molecule has 0 fully saturated rings. The first-order valence-electron chi connectivity index (χ1n) is 8.43. The Morgan fingerprint density at radius 2 is 1.72 bits per heavy atom. The Hall–Kier alpha value is -3.03. The summed E-state index contributed by atoms with van der Waals surface area (Å²) in [5, 5.41) is 7.01. The minimum absolute atomic E-state index is 0.00216. The number of rotatable bonds is 4. The van der Waals surface area contributed by atoms with Crippen molar-refractivity contribution in [2.75, 3.05) is 5.32 Å². The number of hydrogen-bond acceptors (Lipinski definition) is 3. The van der Waals surface area contributed by atoms with Crippen LogP contribution in [-0.2, 0) is 0 Å². The van der Waals surface area contributed by atoms with Crippen molar-refractivity contribution in [1.82, 2.24) is 14.6 Å². The molecule has 4 rings (SSSR count). The molecular weight excluding hydrogens is 421 g/mol. The Kier molecular flexibility index (Phi) is 5.17. The molecule has 29 heavy (non-hydrogen) atoms. The first-order valence-corrected chi connectivity index (χ1v) is 9.19. The highest BCUT2D eigenvalue weighted by molar-refractivity contribution is 6.40.